The molecule has 2 heterocycles. The number of benzene rings is 1. The van der Waals surface area contributed by atoms with E-state index in [2.05, 4.69) is 42.5 Å². The predicted octanol–water partition coefficient (Wildman–Crippen LogP) is 1.50. The van der Waals surface area contributed by atoms with Crippen molar-refractivity contribution in [3.05, 3.63) is 35.7 Å². The van der Waals surface area contributed by atoms with Crippen LogP contribution in [-0.4, -0.2) is 108 Å². The molecule has 0 saturated carbocycles. The minimum absolute atomic E-state index is 0.0571. The lowest BCUT2D eigenvalue weighted by Crippen LogP contribution is -2.31. The molecule has 0 aliphatic carbocycles. The molecule has 1 aromatic carbocycles. The number of nitrogens with one attached hydrogen (secondary N) is 3. The number of hydrogen-bond donors (Lipinski definition) is 5. The van der Waals surface area contributed by atoms with Gasteiger partial charge in [0.25, 0.3) is 0 Å². The third-order valence-corrected chi connectivity index (χ3v) is 5.59. The molecule has 0 spiro atoms. The Hall–Kier alpha value is -3.74. The van der Waals surface area contributed by atoms with E-state index in [0.29, 0.717) is 46.9 Å². The molecular weight excluding hydrogens is 464 g/mol. The molecule has 0 saturated heterocycles. The van der Waals surface area contributed by atoms with Crippen molar-refractivity contribution in [3.63, 3.8) is 0 Å². The lowest BCUT2D eigenvalue weighted by atomic mass is 10.1. The Bertz CT molecular complexity index is 1200. The van der Waals surface area contributed by atoms with Gasteiger partial charge in [0.2, 0.25) is 0 Å². The molecule has 0 aliphatic rings. The number of fused-ring (bicyclic) bond motifs is 1. The van der Waals surface area contributed by atoms with Gasteiger partial charge in [0, 0.05) is 44.5 Å². The van der Waals surface area contributed by atoms with Gasteiger partial charge < -0.3 is 35.5 Å². The van der Waals surface area contributed by atoms with Crippen LogP contribution in [0.1, 0.15) is 11.1 Å². The fourth-order valence-corrected chi connectivity index (χ4v) is 3.76. The average Bonchev–Trinajstić information content (AvgIpc) is 3.16. The molecule has 0 radical (unpaired) electrons. The number of carboxylic acid groups (broad SMARTS) is 1. The normalized spacial score (nSPS) is 11.7. The number of aromatic hydroxyl groups is 1. The maximum atomic E-state index is 11.0. The second kappa shape index (κ2) is 12.8. The smallest absolute Gasteiger partial charge is 0.317 e. The van der Waals surface area contributed by atoms with Gasteiger partial charge in [0.15, 0.2) is 5.88 Å². The van der Waals surface area contributed by atoms with E-state index in [1.165, 1.54) is 6.33 Å². The number of aromatic nitrogens is 3. The quantitative estimate of drug-likeness (QED) is 0.207. The van der Waals surface area contributed by atoms with Gasteiger partial charge in [-0.15, -0.1) is 0 Å². The highest BCUT2D eigenvalue weighted by Gasteiger charge is 2.16. The van der Waals surface area contributed by atoms with Gasteiger partial charge in [-0.25, -0.2) is 9.97 Å². The van der Waals surface area contributed by atoms with Crippen molar-refractivity contribution in [2.75, 3.05) is 66.3 Å². The average molecular weight is 499 g/mol. The highest BCUT2D eigenvalue weighted by atomic mass is 16.5. The second-order valence-electron chi connectivity index (χ2n) is 8.49. The van der Waals surface area contributed by atoms with E-state index < -0.39 is 5.97 Å². The summed E-state index contributed by atoms with van der Waals surface area (Å²) >= 11 is 0. The van der Waals surface area contributed by atoms with Crippen LogP contribution in [0.5, 0.6) is 11.6 Å². The molecule has 5 N–H and O–H groups in total. The van der Waals surface area contributed by atoms with Crippen molar-refractivity contribution in [1.29, 1.82) is 0 Å². The number of methoxy groups -OCH3 is 1. The van der Waals surface area contributed by atoms with Crippen LogP contribution in [0, 0.1) is 0 Å². The third kappa shape index (κ3) is 7.13. The highest BCUT2D eigenvalue weighted by Crippen LogP contribution is 2.30. The van der Waals surface area contributed by atoms with Gasteiger partial charge in [-0.05, 0) is 39.3 Å². The van der Waals surface area contributed by atoms with Crippen molar-refractivity contribution in [2.45, 2.75) is 6.54 Å². The van der Waals surface area contributed by atoms with E-state index in [0.717, 1.165) is 25.2 Å². The fourth-order valence-electron chi connectivity index (χ4n) is 3.76. The number of carboxylic acids is 1. The molecular formula is C24H34N8O4. The number of aliphatic imine (C=N–C) groups is 1. The summed E-state index contributed by atoms with van der Waals surface area (Å²) in [6.07, 6.45) is 3.00. The Labute approximate surface area is 210 Å². The molecule has 36 heavy (non-hydrogen) atoms. The topological polar surface area (TPSA) is 151 Å². The first-order valence-corrected chi connectivity index (χ1v) is 11.6. The molecule has 0 atom stereocenters. The minimum Gasteiger partial charge on any atom is -0.496 e. The Balaban J connectivity index is 1.82. The van der Waals surface area contributed by atoms with Crippen LogP contribution in [0.25, 0.3) is 11.0 Å². The van der Waals surface area contributed by atoms with Gasteiger partial charge in [0.05, 0.1) is 30.3 Å². The zero-order valence-corrected chi connectivity index (χ0v) is 21.1. The van der Waals surface area contributed by atoms with Crippen LogP contribution < -0.4 is 15.4 Å². The maximum Gasteiger partial charge on any atom is 0.317 e. The van der Waals surface area contributed by atoms with Crippen LogP contribution in [0.4, 0.5) is 11.5 Å². The van der Waals surface area contributed by atoms with Gasteiger partial charge in [-0.1, -0.05) is 0 Å². The Kier molecular flexibility index (Phi) is 9.56. The molecule has 3 rings (SSSR count). The SMILES string of the molecule is CNCCN(C)CCNc1ncnc2[nH]c(O)c(C=Nc3ccc(OC)c(CN(C)CC(=O)O)c3)c12. The van der Waals surface area contributed by atoms with Crippen molar-refractivity contribution in [3.8, 4) is 11.6 Å². The number of H-pyrrole nitrogens is 1. The number of anilines is 1. The maximum absolute atomic E-state index is 11.0. The van der Waals surface area contributed by atoms with Crippen molar-refractivity contribution in [2.24, 2.45) is 4.99 Å². The summed E-state index contributed by atoms with van der Waals surface area (Å²) in [6, 6.07) is 5.40. The summed E-state index contributed by atoms with van der Waals surface area (Å²) in [7, 11) is 7.27. The van der Waals surface area contributed by atoms with E-state index in [-0.39, 0.29) is 12.4 Å². The van der Waals surface area contributed by atoms with Crippen LogP contribution in [0.3, 0.4) is 0 Å². The van der Waals surface area contributed by atoms with Gasteiger partial charge in [-0.3, -0.25) is 14.7 Å². The summed E-state index contributed by atoms with van der Waals surface area (Å²) < 4.78 is 5.42. The Morgan fingerprint density at radius 1 is 1.22 bits per heavy atom. The van der Waals surface area contributed by atoms with E-state index in [9.17, 15) is 9.90 Å². The van der Waals surface area contributed by atoms with Crippen LogP contribution >= 0.6 is 0 Å². The highest BCUT2D eigenvalue weighted by molar-refractivity contribution is 6.06. The number of rotatable bonds is 14. The molecule has 0 bridgehead atoms. The molecule has 12 nitrogen and oxygen atoms in total. The molecule has 2 aromatic heterocycles. The Morgan fingerprint density at radius 3 is 2.72 bits per heavy atom. The standard InChI is InChI=1S/C24H34N8O4/c1-25-7-9-31(2)10-8-26-22-21-18(24(35)30-23(21)29-15-28-22)12-27-17-5-6-19(36-4)16(11-17)13-32(3)14-20(33)34/h5-6,11-12,15,25,35H,7-10,13-14H2,1-4H3,(H,33,34)(H2,26,28,29,30). The molecule has 3 aromatic rings. The monoisotopic (exact) mass is 498 g/mol. The number of aliphatic carboxylic acids is 1. The van der Waals surface area contributed by atoms with Crippen molar-refractivity contribution in [1.82, 2.24) is 30.1 Å². The van der Waals surface area contributed by atoms with E-state index in [1.807, 2.05) is 13.1 Å². The second-order valence-corrected chi connectivity index (χ2v) is 8.49. The van der Waals surface area contributed by atoms with E-state index in [1.54, 1.807) is 37.4 Å². The first-order valence-electron chi connectivity index (χ1n) is 11.6. The molecule has 0 aliphatic heterocycles. The van der Waals surface area contributed by atoms with E-state index >= 15 is 0 Å². The summed E-state index contributed by atoms with van der Waals surface area (Å²) in [6.45, 7) is 3.60. The van der Waals surface area contributed by atoms with Gasteiger partial charge >= 0.3 is 5.97 Å². The summed E-state index contributed by atoms with van der Waals surface area (Å²) in [5, 5.41) is 26.7. The molecule has 194 valence electrons. The first kappa shape index (κ1) is 26.9. The molecule has 0 amide bonds. The summed E-state index contributed by atoms with van der Waals surface area (Å²) in [5.41, 5.74) is 2.39. The lowest BCUT2D eigenvalue weighted by molar-refractivity contribution is -0.138. The summed E-state index contributed by atoms with van der Waals surface area (Å²) in [5.74, 6) is 0.279. The molecule has 12 heteroatoms. The predicted molar refractivity (Wildman–Crippen MR) is 140 cm³/mol. The van der Waals surface area contributed by atoms with Crippen LogP contribution in [-0.2, 0) is 11.3 Å². The zero-order chi connectivity index (χ0) is 26.1. The van der Waals surface area contributed by atoms with Crippen molar-refractivity contribution < 1.29 is 19.7 Å². The number of ether oxygens (including phenoxy) is 1. The number of likely N-dealkylation sites (N-methyl/N-ethyl adjacent to an activating group) is 3. The fraction of sp³-hybridized carbons (Fsp3) is 0.417. The Morgan fingerprint density at radius 2 is 2.00 bits per heavy atom. The lowest BCUT2D eigenvalue weighted by Gasteiger charge is -2.17. The zero-order valence-electron chi connectivity index (χ0n) is 21.1. The van der Waals surface area contributed by atoms with Crippen LogP contribution in [0.15, 0.2) is 29.5 Å². The largest absolute Gasteiger partial charge is 0.496 e. The summed E-state index contributed by atoms with van der Waals surface area (Å²) in [4.78, 5) is 30.9. The molecule has 0 fully saturated rings. The van der Waals surface area contributed by atoms with Gasteiger partial charge in [-0.2, -0.15) is 0 Å². The third-order valence-electron chi connectivity index (χ3n) is 5.59. The van der Waals surface area contributed by atoms with Gasteiger partial charge in [0.1, 0.15) is 23.5 Å². The minimum atomic E-state index is -0.906. The van der Waals surface area contributed by atoms with Crippen LogP contribution in [0.2, 0.25) is 0 Å². The van der Waals surface area contributed by atoms with E-state index in [4.69, 9.17) is 9.84 Å². The molecule has 0 unspecified atom stereocenters. The number of aromatic amines is 1. The number of carbonyl (C=O) groups is 1. The first-order chi connectivity index (χ1) is 17.3. The number of hydrogen-bond acceptors (Lipinski definition) is 10. The number of nitrogens with zero attached hydrogens (tertiary/aromatic N) is 5. The van der Waals surface area contributed by atoms with Crippen molar-refractivity contribution >= 4 is 34.7 Å².